The molecule has 2 aromatic carbocycles. The molecule has 2 aromatic rings. The van der Waals surface area contributed by atoms with Crippen LogP contribution in [0.25, 0.3) is 0 Å². The molecule has 3 aliphatic rings. The largest absolute Gasteiger partial charge is 0.493 e. The lowest BCUT2D eigenvalue weighted by Gasteiger charge is -2.43. The van der Waals surface area contributed by atoms with Gasteiger partial charge in [-0.25, -0.2) is 0 Å². The van der Waals surface area contributed by atoms with Crippen LogP contribution < -0.4 is 9.47 Å². The Morgan fingerprint density at radius 2 is 1.54 bits per heavy atom. The minimum atomic E-state index is -0.437. The number of hydrogen-bond acceptors (Lipinski definition) is 7. The van der Waals surface area contributed by atoms with Gasteiger partial charge in [-0.2, -0.15) is 0 Å². The topological polar surface area (TPSA) is 99.0 Å². The molecule has 0 radical (unpaired) electrons. The number of rotatable bonds is 7. The molecule has 0 unspecified atom stereocenters. The highest BCUT2D eigenvalue weighted by atomic mass is 16.6. The molecule has 0 spiro atoms. The number of Topliss-reactive ketones (excluding diaryl/α,β-unsaturated/α-hetero) is 2. The zero-order valence-corrected chi connectivity index (χ0v) is 21.1. The van der Waals surface area contributed by atoms with E-state index in [1.54, 1.807) is 19.2 Å². The van der Waals surface area contributed by atoms with Crippen LogP contribution in [0.2, 0.25) is 0 Å². The number of methoxy groups -OCH3 is 1. The molecule has 5 rings (SSSR count). The maximum atomic E-state index is 13.3. The van der Waals surface area contributed by atoms with Crippen molar-refractivity contribution in [2.75, 3.05) is 13.7 Å². The van der Waals surface area contributed by atoms with Crippen molar-refractivity contribution >= 4 is 17.3 Å². The zero-order valence-electron chi connectivity index (χ0n) is 21.1. The van der Waals surface area contributed by atoms with Crippen LogP contribution in [-0.2, 0) is 16.2 Å². The molecule has 8 heteroatoms. The standard InChI is InChI=1S/C29H30N2O6/c1-3-30-21-6-4-8-23(32)28(21)27(29-22(30)7-5-9-24(29)33)19-12-15-25(26(16-19)36-2)37-17-18-10-13-20(14-11-18)31(34)35/h10-16,27H,3-9,17H2,1-2H3. The van der Waals surface area contributed by atoms with Gasteiger partial charge in [-0.3, -0.25) is 19.7 Å². The molecule has 0 amide bonds. The summed E-state index contributed by atoms with van der Waals surface area (Å²) in [5, 5.41) is 10.9. The fourth-order valence-electron chi connectivity index (χ4n) is 5.79. The Hall–Kier alpha value is -3.94. The number of carbonyl (C=O) groups is 2. The molecule has 0 bridgehead atoms. The molecule has 8 nitrogen and oxygen atoms in total. The van der Waals surface area contributed by atoms with Crippen molar-refractivity contribution < 1.29 is 24.0 Å². The van der Waals surface area contributed by atoms with Crippen molar-refractivity contribution in [2.45, 2.75) is 58.0 Å². The van der Waals surface area contributed by atoms with E-state index in [0.29, 0.717) is 24.3 Å². The van der Waals surface area contributed by atoms with Gasteiger partial charge in [0, 0.05) is 60.0 Å². The maximum Gasteiger partial charge on any atom is 0.269 e. The van der Waals surface area contributed by atoms with E-state index in [-0.39, 0.29) is 23.9 Å². The summed E-state index contributed by atoms with van der Waals surface area (Å²) in [6.45, 7) is 3.03. The van der Waals surface area contributed by atoms with Gasteiger partial charge < -0.3 is 14.4 Å². The van der Waals surface area contributed by atoms with Crippen LogP contribution in [0.1, 0.15) is 62.5 Å². The smallest absolute Gasteiger partial charge is 0.269 e. The number of nitrogens with zero attached hydrogens (tertiary/aromatic N) is 2. The molecule has 0 aromatic heterocycles. The van der Waals surface area contributed by atoms with E-state index in [4.69, 9.17) is 9.47 Å². The number of nitro benzene ring substituents is 1. The lowest BCUT2D eigenvalue weighted by molar-refractivity contribution is -0.384. The molecular formula is C29H30N2O6. The van der Waals surface area contributed by atoms with E-state index in [0.717, 1.165) is 65.9 Å². The second-order valence-electron chi connectivity index (χ2n) is 9.57. The van der Waals surface area contributed by atoms with Gasteiger partial charge in [-0.05, 0) is 68.0 Å². The number of ether oxygens (including phenoxy) is 2. The normalized spacial score (nSPS) is 18.1. The molecule has 0 N–H and O–H groups in total. The number of non-ortho nitro benzene ring substituents is 1. The molecule has 37 heavy (non-hydrogen) atoms. The third-order valence-corrected chi connectivity index (χ3v) is 7.47. The van der Waals surface area contributed by atoms with E-state index in [9.17, 15) is 19.7 Å². The Bertz CT molecular complexity index is 1280. The Labute approximate surface area is 215 Å². The van der Waals surface area contributed by atoms with E-state index < -0.39 is 10.8 Å². The minimum Gasteiger partial charge on any atom is -0.493 e. The summed E-state index contributed by atoms with van der Waals surface area (Å²) in [7, 11) is 1.56. The Morgan fingerprint density at radius 1 is 0.919 bits per heavy atom. The molecule has 0 saturated carbocycles. The lowest BCUT2D eigenvalue weighted by atomic mass is 9.71. The monoisotopic (exact) mass is 502 g/mol. The van der Waals surface area contributed by atoms with Gasteiger partial charge in [0.15, 0.2) is 23.1 Å². The zero-order chi connectivity index (χ0) is 26.1. The van der Waals surface area contributed by atoms with Crippen LogP contribution in [0.4, 0.5) is 5.69 Å². The lowest BCUT2D eigenvalue weighted by Crippen LogP contribution is -2.39. The van der Waals surface area contributed by atoms with E-state index in [2.05, 4.69) is 11.8 Å². The van der Waals surface area contributed by atoms with Crippen molar-refractivity contribution in [3.63, 3.8) is 0 Å². The van der Waals surface area contributed by atoms with Crippen molar-refractivity contribution in [1.29, 1.82) is 0 Å². The predicted octanol–water partition coefficient (Wildman–Crippen LogP) is 5.62. The van der Waals surface area contributed by atoms with Crippen LogP contribution in [0.15, 0.2) is 65.0 Å². The number of carbonyl (C=O) groups excluding carboxylic acids is 2. The first-order valence-corrected chi connectivity index (χ1v) is 12.8. The number of allylic oxidation sites excluding steroid dienone is 4. The van der Waals surface area contributed by atoms with Gasteiger partial charge in [0.2, 0.25) is 0 Å². The van der Waals surface area contributed by atoms with Gasteiger partial charge >= 0.3 is 0 Å². The summed E-state index contributed by atoms with van der Waals surface area (Å²) < 4.78 is 11.6. The van der Waals surface area contributed by atoms with E-state index in [1.165, 1.54) is 12.1 Å². The maximum absolute atomic E-state index is 13.3. The Kier molecular flexibility index (Phi) is 6.82. The van der Waals surface area contributed by atoms with Gasteiger partial charge in [0.25, 0.3) is 5.69 Å². The molecule has 0 atom stereocenters. The minimum absolute atomic E-state index is 0.0247. The molecule has 0 fully saturated rings. The fourth-order valence-corrected chi connectivity index (χ4v) is 5.79. The molecule has 1 heterocycles. The molecule has 1 aliphatic heterocycles. The highest BCUT2D eigenvalue weighted by Gasteiger charge is 2.43. The summed E-state index contributed by atoms with van der Waals surface area (Å²) in [5.41, 5.74) is 5.29. The number of hydrogen-bond donors (Lipinski definition) is 0. The summed E-state index contributed by atoms with van der Waals surface area (Å²) in [6, 6.07) is 11.8. The summed E-state index contributed by atoms with van der Waals surface area (Å²) in [6.07, 6.45) is 4.33. The van der Waals surface area contributed by atoms with Crippen LogP contribution in [0.3, 0.4) is 0 Å². The van der Waals surface area contributed by atoms with Crippen LogP contribution >= 0.6 is 0 Å². The number of nitro groups is 1. The van der Waals surface area contributed by atoms with Gasteiger partial charge in [-0.15, -0.1) is 0 Å². The third kappa shape index (κ3) is 4.52. The first kappa shape index (κ1) is 24.7. The highest BCUT2D eigenvalue weighted by Crippen LogP contribution is 2.50. The predicted molar refractivity (Wildman–Crippen MR) is 137 cm³/mol. The summed E-state index contributed by atoms with van der Waals surface area (Å²) in [4.78, 5) is 39.2. The third-order valence-electron chi connectivity index (χ3n) is 7.47. The van der Waals surface area contributed by atoms with Crippen molar-refractivity contribution in [1.82, 2.24) is 4.90 Å². The van der Waals surface area contributed by atoms with E-state index >= 15 is 0 Å². The van der Waals surface area contributed by atoms with Crippen LogP contribution in [0.5, 0.6) is 11.5 Å². The van der Waals surface area contributed by atoms with Crippen LogP contribution in [-0.4, -0.2) is 35.0 Å². The molecule has 192 valence electrons. The number of benzene rings is 2. The molecular weight excluding hydrogens is 472 g/mol. The molecule has 2 aliphatic carbocycles. The average Bonchev–Trinajstić information content (AvgIpc) is 2.91. The van der Waals surface area contributed by atoms with Crippen molar-refractivity contribution in [3.05, 3.63) is 86.2 Å². The second-order valence-corrected chi connectivity index (χ2v) is 9.57. The quantitative estimate of drug-likeness (QED) is 0.358. The first-order valence-electron chi connectivity index (χ1n) is 12.8. The number of ketones is 2. The van der Waals surface area contributed by atoms with E-state index in [1.807, 2.05) is 18.2 Å². The van der Waals surface area contributed by atoms with Gasteiger partial charge in [0.05, 0.1) is 12.0 Å². The fraction of sp³-hybridized carbons (Fsp3) is 0.379. The molecule has 0 saturated heterocycles. The second kappa shape index (κ2) is 10.2. The van der Waals surface area contributed by atoms with Crippen LogP contribution in [0, 0.1) is 10.1 Å². The average molecular weight is 503 g/mol. The Morgan fingerprint density at radius 3 is 2.08 bits per heavy atom. The van der Waals surface area contributed by atoms with Gasteiger partial charge in [-0.1, -0.05) is 6.07 Å². The van der Waals surface area contributed by atoms with Gasteiger partial charge in [0.1, 0.15) is 6.61 Å². The SMILES string of the molecule is CCN1C2=C(C(=O)CCC2)C(c2ccc(OCc3ccc([N+](=O)[O-])cc3)c(OC)c2)C2=C1CCCC2=O. The van der Waals surface area contributed by atoms with Crippen molar-refractivity contribution in [3.8, 4) is 11.5 Å². The summed E-state index contributed by atoms with van der Waals surface area (Å²) >= 11 is 0. The highest BCUT2D eigenvalue weighted by molar-refractivity contribution is 6.06. The van der Waals surface area contributed by atoms with Crippen molar-refractivity contribution in [2.24, 2.45) is 0 Å². The first-order chi connectivity index (χ1) is 17.9. The Balaban J connectivity index is 1.50. The summed E-state index contributed by atoms with van der Waals surface area (Å²) in [5.74, 6) is 0.863.